The van der Waals surface area contributed by atoms with E-state index in [-0.39, 0.29) is 18.2 Å². The van der Waals surface area contributed by atoms with Crippen molar-refractivity contribution in [2.75, 3.05) is 13.2 Å². The van der Waals surface area contributed by atoms with E-state index in [1.807, 2.05) is 48.5 Å². The number of benzene rings is 2. The van der Waals surface area contributed by atoms with Gasteiger partial charge < -0.3 is 20.3 Å². The zero-order valence-electron chi connectivity index (χ0n) is 17.6. The lowest BCUT2D eigenvalue weighted by Crippen LogP contribution is -2.36. The highest BCUT2D eigenvalue weighted by Crippen LogP contribution is 2.44. The third-order valence-electron chi connectivity index (χ3n) is 5.72. The van der Waals surface area contributed by atoms with Crippen molar-refractivity contribution in [2.45, 2.75) is 31.2 Å². The smallest absolute Gasteiger partial charge is 0.435 e. The predicted molar refractivity (Wildman–Crippen MR) is 112 cm³/mol. The number of fused-ring (bicyclic) bond motifs is 3. The quantitative estimate of drug-likeness (QED) is 0.448. The van der Waals surface area contributed by atoms with Crippen LogP contribution in [0.2, 0.25) is 0 Å². The lowest BCUT2D eigenvalue weighted by atomic mass is 9.98. The third kappa shape index (κ3) is 4.44. The van der Waals surface area contributed by atoms with Crippen LogP contribution in [0.3, 0.4) is 0 Å². The van der Waals surface area contributed by atoms with Gasteiger partial charge in [-0.15, -0.1) is 0 Å². The number of rotatable bonds is 6. The van der Waals surface area contributed by atoms with Crippen molar-refractivity contribution in [1.82, 2.24) is 15.5 Å². The number of amides is 1. The van der Waals surface area contributed by atoms with Crippen LogP contribution in [0.25, 0.3) is 11.1 Å². The number of aliphatic hydroxyl groups is 2. The maximum absolute atomic E-state index is 13.1. The van der Waals surface area contributed by atoms with E-state index in [0.717, 1.165) is 22.3 Å². The SMILES string of the molecule is Cc1[nH]nc(C(F)(F)F)c1C(O)C(O)CNC(=O)OCC1c2ccccc2-c2ccccc21. The van der Waals surface area contributed by atoms with Gasteiger partial charge in [-0.2, -0.15) is 18.3 Å². The van der Waals surface area contributed by atoms with Crippen LogP contribution in [0.1, 0.15) is 40.1 Å². The van der Waals surface area contributed by atoms with Gasteiger partial charge in [-0.25, -0.2) is 4.79 Å². The summed E-state index contributed by atoms with van der Waals surface area (Å²) < 4.78 is 44.6. The molecule has 2 aromatic carbocycles. The topological polar surface area (TPSA) is 107 Å². The lowest BCUT2D eigenvalue weighted by Gasteiger charge is -2.20. The van der Waals surface area contributed by atoms with Gasteiger partial charge in [0.05, 0.1) is 0 Å². The number of aromatic nitrogens is 2. The van der Waals surface area contributed by atoms with Gasteiger partial charge in [0.2, 0.25) is 0 Å². The Balaban J connectivity index is 1.37. The van der Waals surface area contributed by atoms with Gasteiger partial charge in [-0.3, -0.25) is 5.10 Å². The number of alkyl carbamates (subject to hydrolysis) is 1. The maximum atomic E-state index is 13.1. The van der Waals surface area contributed by atoms with Gasteiger partial charge >= 0.3 is 12.3 Å². The molecule has 1 heterocycles. The molecule has 3 aromatic rings. The number of carbonyl (C=O) groups excluding carboxylic acids is 1. The van der Waals surface area contributed by atoms with E-state index in [1.165, 1.54) is 6.92 Å². The molecule has 33 heavy (non-hydrogen) atoms. The minimum Gasteiger partial charge on any atom is -0.449 e. The van der Waals surface area contributed by atoms with Crippen molar-refractivity contribution in [1.29, 1.82) is 0 Å². The monoisotopic (exact) mass is 461 g/mol. The molecule has 2 unspecified atom stereocenters. The molecule has 0 radical (unpaired) electrons. The Bertz CT molecular complexity index is 1120. The first kappa shape index (κ1) is 22.8. The molecular weight excluding hydrogens is 439 g/mol. The molecule has 0 aliphatic heterocycles. The number of aliphatic hydroxyl groups excluding tert-OH is 2. The van der Waals surface area contributed by atoms with Crippen LogP contribution in [-0.4, -0.2) is 45.8 Å². The summed E-state index contributed by atoms with van der Waals surface area (Å²) in [4.78, 5) is 12.2. The second kappa shape index (κ2) is 8.87. The number of carbonyl (C=O) groups is 1. The third-order valence-corrected chi connectivity index (χ3v) is 5.72. The van der Waals surface area contributed by atoms with E-state index in [1.54, 1.807) is 0 Å². The molecule has 0 bridgehead atoms. The molecule has 4 rings (SSSR count). The van der Waals surface area contributed by atoms with Crippen LogP contribution >= 0.6 is 0 Å². The van der Waals surface area contributed by atoms with Crippen LogP contribution in [0.4, 0.5) is 18.0 Å². The van der Waals surface area contributed by atoms with Crippen molar-refractivity contribution < 1.29 is 32.9 Å². The Labute approximate surface area is 187 Å². The van der Waals surface area contributed by atoms with Crippen LogP contribution in [0, 0.1) is 6.92 Å². The Morgan fingerprint density at radius 1 is 1.12 bits per heavy atom. The van der Waals surface area contributed by atoms with E-state index >= 15 is 0 Å². The molecule has 1 aromatic heterocycles. The Morgan fingerprint density at radius 2 is 1.70 bits per heavy atom. The van der Waals surface area contributed by atoms with E-state index in [0.29, 0.717) is 0 Å². The molecule has 174 valence electrons. The first-order valence-corrected chi connectivity index (χ1v) is 10.3. The molecule has 7 nitrogen and oxygen atoms in total. The molecule has 0 spiro atoms. The van der Waals surface area contributed by atoms with Crippen LogP contribution in [0.5, 0.6) is 0 Å². The molecule has 0 saturated carbocycles. The zero-order valence-corrected chi connectivity index (χ0v) is 17.6. The largest absolute Gasteiger partial charge is 0.449 e. The van der Waals surface area contributed by atoms with Crippen LogP contribution in [-0.2, 0) is 10.9 Å². The number of aromatic amines is 1. The molecule has 1 amide bonds. The number of nitrogens with zero attached hydrogens (tertiary/aromatic N) is 1. The highest BCUT2D eigenvalue weighted by Gasteiger charge is 2.40. The number of aryl methyl sites for hydroxylation is 1. The molecule has 4 N–H and O–H groups in total. The van der Waals surface area contributed by atoms with Crippen molar-refractivity contribution in [2.24, 2.45) is 0 Å². The normalized spacial score (nSPS) is 15.0. The second-order valence-corrected chi connectivity index (χ2v) is 7.83. The van der Waals surface area contributed by atoms with E-state index in [4.69, 9.17) is 4.74 Å². The Kier molecular flexibility index (Phi) is 6.13. The van der Waals surface area contributed by atoms with E-state index in [2.05, 4.69) is 15.5 Å². The summed E-state index contributed by atoms with van der Waals surface area (Å²) in [5.74, 6) is -0.165. The number of halogens is 3. The van der Waals surface area contributed by atoms with Crippen LogP contribution in [0.15, 0.2) is 48.5 Å². The Hall–Kier alpha value is -3.37. The minimum absolute atomic E-state index is 0.0324. The summed E-state index contributed by atoms with van der Waals surface area (Å²) >= 11 is 0. The molecular formula is C23H22F3N3O4. The number of hydrogen-bond donors (Lipinski definition) is 4. The fourth-order valence-electron chi connectivity index (χ4n) is 4.16. The second-order valence-electron chi connectivity index (χ2n) is 7.83. The maximum Gasteiger partial charge on any atom is 0.435 e. The highest BCUT2D eigenvalue weighted by atomic mass is 19.4. The summed E-state index contributed by atoms with van der Waals surface area (Å²) in [5, 5.41) is 28.0. The minimum atomic E-state index is -4.80. The molecule has 0 fully saturated rings. The molecule has 0 saturated heterocycles. The van der Waals surface area contributed by atoms with E-state index in [9.17, 15) is 28.2 Å². The van der Waals surface area contributed by atoms with Gasteiger partial charge in [-0.1, -0.05) is 48.5 Å². The van der Waals surface area contributed by atoms with Gasteiger partial charge in [0.25, 0.3) is 0 Å². The number of alkyl halides is 3. The van der Waals surface area contributed by atoms with Gasteiger partial charge in [-0.05, 0) is 29.2 Å². The van der Waals surface area contributed by atoms with Crippen molar-refractivity contribution in [3.05, 3.63) is 76.6 Å². The predicted octanol–water partition coefficient (Wildman–Crippen LogP) is 3.67. The van der Waals surface area contributed by atoms with Crippen molar-refractivity contribution >= 4 is 6.09 Å². The number of ether oxygens (including phenoxy) is 1. The van der Waals surface area contributed by atoms with Crippen LogP contribution < -0.4 is 5.32 Å². The number of nitrogens with one attached hydrogen (secondary N) is 2. The van der Waals surface area contributed by atoms with Gasteiger partial charge in [0, 0.05) is 23.7 Å². The Morgan fingerprint density at radius 3 is 2.27 bits per heavy atom. The fraction of sp³-hybridized carbons (Fsp3) is 0.304. The average molecular weight is 461 g/mol. The summed E-state index contributed by atoms with van der Waals surface area (Å²) in [6.07, 6.45) is -9.28. The van der Waals surface area contributed by atoms with Gasteiger partial charge in [0.1, 0.15) is 18.8 Å². The molecule has 1 aliphatic rings. The first-order valence-electron chi connectivity index (χ1n) is 10.3. The van der Waals surface area contributed by atoms with Crippen molar-refractivity contribution in [3.63, 3.8) is 0 Å². The average Bonchev–Trinajstić information content (AvgIpc) is 3.33. The molecule has 2 atom stereocenters. The highest BCUT2D eigenvalue weighted by molar-refractivity contribution is 5.79. The lowest BCUT2D eigenvalue weighted by molar-refractivity contribution is -0.143. The summed E-state index contributed by atoms with van der Waals surface area (Å²) in [6.45, 7) is 0.823. The zero-order chi connectivity index (χ0) is 23.8. The number of hydrogen-bond acceptors (Lipinski definition) is 5. The van der Waals surface area contributed by atoms with Crippen molar-refractivity contribution in [3.8, 4) is 11.1 Å². The molecule has 10 heteroatoms. The summed E-state index contributed by atoms with van der Waals surface area (Å²) in [5.41, 5.74) is 2.27. The first-order chi connectivity index (χ1) is 15.7. The summed E-state index contributed by atoms with van der Waals surface area (Å²) in [6, 6.07) is 15.6. The standard InChI is InChI=1S/C23H22F3N3O4/c1-12-19(21(29-28-12)23(24,25)26)20(31)18(30)10-27-22(32)33-11-17-15-8-4-2-6-13(15)14-7-3-5-9-16(14)17/h2-9,17-18,20,30-31H,10-11H2,1H3,(H,27,32)(H,28,29). The summed E-state index contributed by atoms with van der Waals surface area (Å²) in [7, 11) is 0. The van der Waals surface area contributed by atoms with E-state index < -0.39 is 42.3 Å². The number of H-pyrrole nitrogens is 1. The fourth-order valence-corrected chi connectivity index (χ4v) is 4.16. The molecule has 1 aliphatic carbocycles. The van der Waals surface area contributed by atoms with Gasteiger partial charge in [0.15, 0.2) is 5.69 Å².